The second-order valence-electron chi connectivity index (χ2n) is 22.5. The zero-order valence-corrected chi connectivity index (χ0v) is 38.9. The second kappa shape index (κ2) is 20.2. The molecule has 8 nitrogen and oxygen atoms in total. The summed E-state index contributed by atoms with van der Waals surface area (Å²) in [5.41, 5.74) is 6.04. The molecule has 0 bridgehead atoms. The van der Waals surface area contributed by atoms with Crippen LogP contribution in [0, 0.1) is 74.9 Å². The standard InChI is InChI=1S/2C24H41NO2.C2H4O2.ClH/c1-16-4-7-21-20(14-25-13-17-5-6-17)22(9-11-23(16,21)2)24(3)10-8-19(27)12-18(24)15-26;1-23(2)10-9-19-20(14-25-13-16-4-5-16)22(7-6-21(19)23)24(3)11-8-18(27)12-17(24)15-26;1-2(3)4;/h17-22,25-27H,1,4-15H2,2-3H3;16-18,20,22,25-27H,4-15H2,1-3H3;1H3,(H,3,4);1H/t18-,19+,20+,21+,22+,23-,24+;17-,18+,20+,22+,24+;;/m11../s1. The van der Waals surface area contributed by atoms with E-state index in [0.717, 1.165) is 76.3 Å². The molecule has 6 fully saturated rings. The van der Waals surface area contributed by atoms with Gasteiger partial charge in [0.25, 0.3) is 5.97 Å². The highest BCUT2D eigenvalue weighted by atomic mass is 35.5. The minimum atomic E-state index is -0.833. The minimum absolute atomic E-state index is 0. The van der Waals surface area contributed by atoms with E-state index in [4.69, 9.17) is 9.90 Å². The van der Waals surface area contributed by atoms with Gasteiger partial charge in [0.05, 0.1) is 12.2 Å². The van der Waals surface area contributed by atoms with Crippen molar-refractivity contribution in [1.82, 2.24) is 10.6 Å². The number of carbonyl (C=O) groups is 1. The maximum Gasteiger partial charge on any atom is 0.300 e. The summed E-state index contributed by atoms with van der Waals surface area (Å²) in [5, 5.41) is 55.8. The largest absolute Gasteiger partial charge is 0.481 e. The van der Waals surface area contributed by atoms with Gasteiger partial charge < -0.3 is 36.2 Å². The van der Waals surface area contributed by atoms with Gasteiger partial charge in [-0.2, -0.15) is 0 Å². The minimum Gasteiger partial charge on any atom is -0.481 e. The number of nitrogens with one attached hydrogen (secondary N) is 2. The van der Waals surface area contributed by atoms with Crippen LogP contribution in [0.15, 0.2) is 23.3 Å². The fourth-order valence-corrected chi connectivity index (χ4v) is 14.1. The molecule has 12 atom stereocenters. The summed E-state index contributed by atoms with van der Waals surface area (Å²) in [4.78, 5) is 9.00. The number of aliphatic carboxylic acids is 1. The van der Waals surface area contributed by atoms with E-state index in [1.165, 1.54) is 95.7 Å². The topological polar surface area (TPSA) is 142 Å². The van der Waals surface area contributed by atoms with Crippen molar-refractivity contribution in [2.75, 3.05) is 39.4 Å². The van der Waals surface area contributed by atoms with E-state index >= 15 is 0 Å². The van der Waals surface area contributed by atoms with E-state index in [1.807, 2.05) is 0 Å². The quantitative estimate of drug-likeness (QED) is 0.0967. The molecule has 0 amide bonds. The van der Waals surface area contributed by atoms with Crippen molar-refractivity contribution in [2.45, 2.75) is 169 Å². The normalized spacial score (nSPS) is 41.4. The summed E-state index contributed by atoms with van der Waals surface area (Å²) >= 11 is 0. The van der Waals surface area contributed by atoms with Crippen LogP contribution in [0.4, 0.5) is 0 Å². The molecule has 0 heterocycles. The van der Waals surface area contributed by atoms with Gasteiger partial charge in [-0.05, 0) is 210 Å². The summed E-state index contributed by atoms with van der Waals surface area (Å²) in [5.74, 6) is 4.82. The maximum atomic E-state index is 10.2. The number of hydrogen-bond acceptors (Lipinski definition) is 7. The Balaban J connectivity index is 0.000000203. The maximum absolute atomic E-state index is 10.2. The molecule has 9 heteroatoms. The predicted octanol–water partition coefficient (Wildman–Crippen LogP) is 8.95. The lowest BCUT2D eigenvalue weighted by Crippen LogP contribution is -2.53. The molecule has 0 aliphatic heterocycles. The zero-order valence-electron chi connectivity index (χ0n) is 38.1. The van der Waals surface area contributed by atoms with Gasteiger partial charge in [0, 0.05) is 26.7 Å². The molecule has 0 unspecified atom stereocenters. The van der Waals surface area contributed by atoms with Crippen LogP contribution in [0.2, 0.25) is 0 Å². The molecule has 6 saturated carbocycles. The molecule has 59 heavy (non-hydrogen) atoms. The molecule has 7 N–H and O–H groups in total. The SMILES string of the molecule is C=C1CC[C@H]2[C@H](CNCC3CC3)[C@@H]([C@@]3(C)CC[C@H](O)C[C@@H]3CO)CC[C@]12C.CC(=O)O.CC1(C)CCC2=C1CC[C@H]([C@@]1(C)CC[C@H](O)C[C@@H]1CO)[C@H]2CNCC1CC1.Cl. The average Bonchev–Trinajstić information content (AvgIpc) is 4.12. The second-order valence-corrected chi connectivity index (χ2v) is 22.5. The van der Waals surface area contributed by atoms with E-state index in [-0.39, 0.29) is 60.5 Å². The van der Waals surface area contributed by atoms with Gasteiger partial charge in [0.15, 0.2) is 0 Å². The molecule has 8 aliphatic rings. The molecule has 0 spiro atoms. The molecule has 0 aromatic carbocycles. The fourth-order valence-electron chi connectivity index (χ4n) is 14.1. The highest BCUT2D eigenvalue weighted by Gasteiger charge is 2.57. The molecular formula is C50H87ClN2O6. The summed E-state index contributed by atoms with van der Waals surface area (Å²) < 4.78 is 0. The van der Waals surface area contributed by atoms with Gasteiger partial charge >= 0.3 is 0 Å². The van der Waals surface area contributed by atoms with Crippen molar-refractivity contribution >= 4 is 18.4 Å². The Morgan fingerprint density at radius 1 is 0.661 bits per heavy atom. The Labute approximate surface area is 365 Å². The first-order chi connectivity index (χ1) is 27.5. The lowest BCUT2D eigenvalue weighted by atomic mass is 9.49. The van der Waals surface area contributed by atoms with Gasteiger partial charge in [-0.3, -0.25) is 4.79 Å². The lowest BCUT2D eigenvalue weighted by molar-refractivity contribution is -0.134. The molecule has 0 saturated heterocycles. The highest BCUT2D eigenvalue weighted by molar-refractivity contribution is 5.85. The molecule has 8 rings (SSSR count). The fraction of sp³-hybridized carbons (Fsp3) is 0.900. The molecule has 8 aliphatic carbocycles. The predicted molar refractivity (Wildman–Crippen MR) is 241 cm³/mol. The summed E-state index contributed by atoms with van der Waals surface area (Å²) in [6, 6.07) is 0. The van der Waals surface area contributed by atoms with Gasteiger partial charge in [0.1, 0.15) is 0 Å². The van der Waals surface area contributed by atoms with Crippen LogP contribution in [0.1, 0.15) is 157 Å². The van der Waals surface area contributed by atoms with Crippen LogP contribution in [-0.2, 0) is 4.79 Å². The molecule has 340 valence electrons. The third kappa shape index (κ3) is 11.0. The Bertz CT molecular complexity index is 1440. The molecule has 0 aromatic heterocycles. The first kappa shape index (κ1) is 49.0. The summed E-state index contributed by atoms with van der Waals surface area (Å²) in [6.07, 6.45) is 20.8. The van der Waals surface area contributed by atoms with Crippen LogP contribution in [0.25, 0.3) is 0 Å². The number of aliphatic hydroxyl groups excluding tert-OH is 4. The number of carboxylic acids is 1. The number of halogens is 1. The van der Waals surface area contributed by atoms with Crippen molar-refractivity contribution in [1.29, 1.82) is 0 Å². The third-order valence-electron chi connectivity index (χ3n) is 18.4. The first-order valence-electron chi connectivity index (χ1n) is 24.1. The Morgan fingerprint density at radius 3 is 1.69 bits per heavy atom. The van der Waals surface area contributed by atoms with E-state index in [9.17, 15) is 20.4 Å². The van der Waals surface area contributed by atoms with E-state index in [1.54, 1.807) is 11.1 Å². The number of fused-ring (bicyclic) bond motifs is 1. The van der Waals surface area contributed by atoms with Crippen molar-refractivity contribution < 1.29 is 30.3 Å². The van der Waals surface area contributed by atoms with Crippen molar-refractivity contribution in [3.63, 3.8) is 0 Å². The highest BCUT2D eigenvalue weighted by Crippen LogP contribution is 2.64. The van der Waals surface area contributed by atoms with Crippen LogP contribution in [-0.4, -0.2) is 83.1 Å². The lowest BCUT2D eigenvalue weighted by Gasteiger charge is -2.56. The van der Waals surface area contributed by atoms with Crippen molar-refractivity contribution in [3.8, 4) is 0 Å². The zero-order chi connectivity index (χ0) is 42.0. The number of allylic oxidation sites excluding steroid dienone is 2. The third-order valence-corrected chi connectivity index (χ3v) is 18.4. The van der Waals surface area contributed by atoms with Crippen molar-refractivity contribution in [3.05, 3.63) is 23.3 Å². The number of hydrogen-bond donors (Lipinski definition) is 7. The van der Waals surface area contributed by atoms with E-state index < -0.39 is 5.97 Å². The Morgan fingerprint density at radius 2 is 1.17 bits per heavy atom. The summed E-state index contributed by atoms with van der Waals surface area (Å²) in [7, 11) is 0. The van der Waals surface area contributed by atoms with E-state index in [2.05, 4.69) is 51.8 Å². The van der Waals surface area contributed by atoms with Gasteiger partial charge in [-0.25, -0.2) is 0 Å². The Hall–Kier alpha value is -1.00. The number of carboxylic acid groups (broad SMARTS) is 1. The molecular weight excluding hydrogens is 760 g/mol. The number of aliphatic hydroxyl groups is 4. The van der Waals surface area contributed by atoms with Crippen LogP contribution in [0.3, 0.4) is 0 Å². The first-order valence-corrected chi connectivity index (χ1v) is 24.1. The van der Waals surface area contributed by atoms with Crippen LogP contribution >= 0.6 is 12.4 Å². The number of rotatable bonds is 12. The van der Waals surface area contributed by atoms with Gasteiger partial charge in [0.2, 0.25) is 0 Å². The summed E-state index contributed by atoms with van der Waals surface area (Å²) in [6.45, 7) is 22.9. The van der Waals surface area contributed by atoms with Gasteiger partial charge in [-0.15, -0.1) is 12.4 Å². The monoisotopic (exact) mass is 847 g/mol. The van der Waals surface area contributed by atoms with Gasteiger partial charge in [-0.1, -0.05) is 57.9 Å². The average molecular weight is 848 g/mol. The van der Waals surface area contributed by atoms with Crippen LogP contribution in [0.5, 0.6) is 0 Å². The van der Waals surface area contributed by atoms with E-state index in [0.29, 0.717) is 34.5 Å². The smallest absolute Gasteiger partial charge is 0.300 e. The molecule has 0 radical (unpaired) electrons. The Kier molecular flexibility index (Phi) is 16.8. The van der Waals surface area contributed by atoms with Crippen LogP contribution < -0.4 is 10.6 Å². The van der Waals surface area contributed by atoms with Crippen molar-refractivity contribution in [2.24, 2.45) is 74.9 Å². The molecule has 0 aromatic rings.